The number of carbonyl (C=O) groups is 2. The molecule has 0 bridgehead atoms. The Morgan fingerprint density at radius 1 is 0.881 bits per heavy atom. The van der Waals surface area contributed by atoms with Gasteiger partial charge in [0, 0.05) is 22.4 Å². The van der Waals surface area contributed by atoms with Gasteiger partial charge < -0.3 is 0 Å². The maximum atomic E-state index is 13.6. The van der Waals surface area contributed by atoms with Gasteiger partial charge in [0.25, 0.3) is 5.24 Å². The van der Waals surface area contributed by atoms with Crippen molar-refractivity contribution in [2.24, 2.45) is 5.92 Å². The molecule has 1 N–H and O–H groups in total. The van der Waals surface area contributed by atoms with Crippen LogP contribution in [0.25, 0.3) is 33.4 Å². The lowest BCUT2D eigenvalue weighted by molar-refractivity contribution is -0.120. The normalized spacial score (nSPS) is 11.2. The molecule has 6 aromatic rings. The van der Waals surface area contributed by atoms with Crippen molar-refractivity contribution >= 4 is 45.2 Å². The van der Waals surface area contributed by atoms with Gasteiger partial charge in [-0.1, -0.05) is 97.9 Å². The zero-order chi connectivity index (χ0) is 29.2. The van der Waals surface area contributed by atoms with E-state index >= 15 is 0 Å². The number of aromatic amines is 1. The maximum Gasteiger partial charge on any atom is 0.254 e. The molecule has 0 saturated carbocycles. The van der Waals surface area contributed by atoms with Crippen molar-refractivity contribution in [2.45, 2.75) is 20.4 Å². The molecule has 0 aliphatic heterocycles. The Morgan fingerprint density at radius 3 is 2.29 bits per heavy atom. The minimum absolute atomic E-state index is 0.218. The number of fused-ring (bicyclic) bond motifs is 1. The molecule has 0 atom stereocenters. The molecule has 2 aromatic heterocycles. The Morgan fingerprint density at radius 2 is 1.57 bits per heavy atom. The SMILES string of the molecule is CC(C)C(=O)N(c1ccccc1C(=O)Cl)c1n[nH]c2ccc(-c3nnn(Cc4ccccc4)c3-c3ccccc3)cc12. The molecular weight excluding hydrogens is 548 g/mol. The Hall–Kier alpha value is -5.08. The largest absolute Gasteiger partial charge is 0.276 e. The highest BCUT2D eigenvalue weighted by Gasteiger charge is 2.28. The summed E-state index contributed by atoms with van der Waals surface area (Å²) in [6.07, 6.45) is 0. The third kappa shape index (κ3) is 5.08. The monoisotopic (exact) mass is 574 g/mol. The number of benzene rings is 4. The number of nitrogens with one attached hydrogen (secondary N) is 1. The average Bonchev–Trinajstić information content (AvgIpc) is 3.62. The molecule has 42 heavy (non-hydrogen) atoms. The highest BCUT2D eigenvalue weighted by molar-refractivity contribution is 6.68. The first-order valence-corrected chi connectivity index (χ1v) is 13.9. The van der Waals surface area contributed by atoms with E-state index in [1.807, 2.05) is 71.4 Å². The van der Waals surface area contributed by atoms with Crippen LogP contribution < -0.4 is 4.90 Å². The van der Waals surface area contributed by atoms with Crippen LogP contribution >= 0.6 is 11.6 Å². The van der Waals surface area contributed by atoms with E-state index in [0.717, 1.165) is 27.9 Å². The van der Waals surface area contributed by atoms with Crippen molar-refractivity contribution in [2.75, 3.05) is 4.90 Å². The second kappa shape index (κ2) is 11.4. The van der Waals surface area contributed by atoms with Crippen LogP contribution in [0.4, 0.5) is 11.5 Å². The molecule has 2 heterocycles. The molecule has 0 unspecified atom stereocenters. The summed E-state index contributed by atoms with van der Waals surface area (Å²) in [5.41, 5.74) is 5.77. The van der Waals surface area contributed by atoms with Crippen molar-refractivity contribution in [3.05, 3.63) is 114 Å². The molecule has 4 aromatic carbocycles. The fourth-order valence-electron chi connectivity index (χ4n) is 5.00. The summed E-state index contributed by atoms with van der Waals surface area (Å²) >= 11 is 5.93. The van der Waals surface area contributed by atoms with Crippen LogP contribution in [0.2, 0.25) is 0 Å². The van der Waals surface area contributed by atoms with E-state index in [9.17, 15) is 9.59 Å². The molecule has 0 aliphatic carbocycles. The third-order valence-corrected chi connectivity index (χ3v) is 7.26. The van der Waals surface area contributed by atoms with E-state index in [-0.39, 0.29) is 17.4 Å². The third-order valence-electron chi connectivity index (χ3n) is 7.06. The van der Waals surface area contributed by atoms with Gasteiger partial charge in [-0.25, -0.2) is 4.68 Å². The minimum atomic E-state index is -0.657. The summed E-state index contributed by atoms with van der Waals surface area (Å²) in [5.74, 6) is -0.229. The number of H-pyrrole nitrogens is 1. The lowest BCUT2D eigenvalue weighted by Gasteiger charge is -2.24. The number of anilines is 2. The topological polar surface area (TPSA) is 96.8 Å². The molecule has 1 amide bonds. The lowest BCUT2D eigenvalue weighted by Crippen LogP contribution is -2.31. The number of halogens is 1. The summed E-state index contributed by atoms with van der Waals surface area (Å²) < 4.78 is 1.90. The van der Waals surface area contributed by atoms with Crippen LogP contribution in [-0.2, 0) is 11.3 Å². The van der Waals surface area contributed by atoms with Crippen LogP contribution in [0, 0.1) is 5.92 Å². The number of carbonyl (C=O) groups excluding carboxylic acids is 2. The molecule has 208 valence electrons. The van der Waals surface area contributed by atoms with E-state index in [1.165, 1.54) is 4.90 Å². The molecule has 6 rings (SSSR count). The average molecular weight is 575 g/mol. The van der Waals surface area contributed by atoms with Crippen LogP contribution in [0.3, 0.4) is 0 Å². The lowest BCUT2D eigenvalue weighted by atomic mass is 10.0. The molecule has 8 nitrogen and oxygen atoms in total. The second-order valence-corrected chi connectivity index (χ2v) is 10.6. The predicted molar refractivity (Wildman–Crippen MR) is 165 cm³/mol. The van der Waals surface area contributed by atoms with Crippen molar-refractivity contribution < 1.29 is 9.59 Å². The molecule has 0 spiro atoms. The minimum Gasteiger partial charge on any atom is -0.276 e. The number of nitrogens with zero attached hydrogens (tertiary/aromatic N) is 5. The van der Waals surface area contributed by atoms with E-state index in [1.54, 1.807) is 38.1 Å². The van der Waals surface area contributed by atoms with Gasteiger partial charge in [-0.05, 0) is 41.4 Å². The Balaban J connectivity index is 1.52. The van der Waals surface area contributed by atoms with Crippen LogP contribution in [0.15, 0.2) is 103 Å². The van der Waals surface area contributed by atoms with Gasteiger partial charge in [0.05, 0.1) is 29.0 Å². The van der Waals surface area contributed by atoms with Gasteiger partial charge >= 0.3 is 0 Å². The molecule has 0 aliphatic rings. The van der Waals surface area contributed by atoms with Gasteiger partial charge in [0.2, 0.25) is 5.91 Å². The van der Waals surface area contributed by atoms with E-state index < -0.39 is 5.24 Å². The smallest absolute Gasteiger partial charge is 0.254 e. The van der Waals surface area contributed by atoms with E-state index in [4.69, 9.17) is 11.6 Å². The summed E-state index contributed by atoms with van der Waals surface area (Å²) in [7, 11) is 0. The van der Waals surface area contributed by atoms with Crippen LogP contribution in [0.1, 0.15) is 29.8 Å². The van der Waals surface area contributed by atoms with Gasteiger partial charge in [-0.15, -0.1) is 5.10 Å². The number of rotatable bonds is 8. The summed E-state index contributed by atoms with van der Waals surface area (Å²) in [6, 6.07) is 32.7. The van der Waals surface area contributed by atoms with Gasteiger partial charge in [0.15, 0.2) is 5.82 Å². The summed E-state index contributed by atoms with van der Waals surface area (Å²) in [4.78, 5) is 27.4. The highest BCUT2D eigenvalue weighted by atomic mass is 35.5. The Kier molecular flexibility index (Phi) is 7.37. The molecule has 0 fully saturated rings. The first kappa shape index (κ1) is 27.1. The number of hydrogen-bond donors (Lipinski definition) is 1. The maximum absolute atomic E-state index is 13.6. The molecule has 0 saturated heterocycles. The molecular formula is C33H27ClN6O2. The molecule has 9 heteroatoms. The van der Waals surface area contributed by atoms with Gasteiger partial charge in [0.1, 0.15) is 5.69 Å². The van der Waals surface area contributed by atoms with Crippen LogP contribution in [-0.4, -0.2) is 36.3 Å². The quantitative estimate of drug-likeness (QED) is 0.193. The summed E-state index contributed by atoms with van der Waals surface area (Å²) in [5, 5.41) is 16.8. The standard InChI is InChI=1S/C33H27ClN6O2/c1-21(2)33(42)40(28-16-10-9-15-25(28)31(34)41)32-26-19-24(17-18-27(26)35-37-32)29-30(23-13-7-4-8-14-23)39(38-36-29)20-22-11-5-3-6-12-22/h3-19,21H,20H2,1-2H3,(H,35,37). The Bertz CT molecular complexity index is 1900. The number of para-hydroxylation sites is 1. The summed E-state index contributed by atoms with van der Waals surface area (Å²) in [6.45, 7) is 4.16. The van der Waals surface area contributed by atoms with Crippen LogP contribution in [0.5, 0.6) is 0 Å². The first-order valence-electron chi connectivity index (χ1n) is 13.6. The highest BCUT2D eigenvalue weighted by Crippen LogP contribution is 2.38. The predicted octanol–water partition coefficient (Wildman–Crippen LogP) is 7.24. The van der Waals surface area contributed by atoms with E-state index in [0.29, 0.717) is 29.1 Å². The van der Waals surface area contributed by atoms with Gasteiger partial charge in [-0.3, -0.25) is 19.6 Å². The zero-order valence-electron chi connectivity index (χ0n) is 23.0. The Labute approximate surface area is 247 Å². The second-order valence-electron chi connectivity index (χ2n) is 10.2. The zero-order valence-corrected chi connectivity index (χ0v) is 23.8. The van der Waals surface area contributed by atoms with Crippen molar-refractivity contribution in [1.82, 2.24) is 25.2 Å². The fourth-order valence-corrected chi connectivity index (χ4v) is 5.16. The first-order chi connectivity index (χ1) is 20.4. The van der Waals surface area contributed by atoms with Crippen molar-refractivity contribution in [3.63, 3.8) is 0 Å². The number of amides is 1. The van der Waals surface area contributed by atoms with E-state index in [2.05, 4.69) is 32.6 Å². The molecule has 0 radical (unpaired) electrons. The van der Waals surface area contributed by atoms with Crippen molar-refractivity contribution in [1.29, 1.82) is 0 Å². The number of aromatic nitrogens is 5. The van der Waals surface area contributed by atoms with Gasteiger partial charge in [-0.2, -0.15) is 5.10 Å². The number of hydrogen-bond acceptors (Lipinski definition) is 5. The fraction of sp³-hybridized carbons (Fsp3) is 0.121. The van der Waals surface area contributed by atoms with Crippen molar-refractivity contribution in [3.8, 4) is 22.5 Å².